The van der Waals surface area contributed by atoms with Crippen molar-refractivity contribution in [3.8, 4) is 11.5 Å². The van der Waals surface area contributed by atoms with Crippen LogP contribution in [0.15, 0.2) is 47.4 Å². The van der Waals surface area contributed by atoms with Gasteiger partial charge >= 0.3 is 0 Å². The zero-order valence-corrected chi connectivity index (χ0v) is 13.6. The Morgan fingerprint density at radius 3 is 2.70 bits per heavy atom. The van der Waals surface area contributed by atoms with Crippen LogP contribution in [0.5, 0.6) is 11.5 Å². The lowest BCUT2D eigenvalue weighted by Gasteiger charge is -2.04. The second-order valence-corrected chi connectivity index (χ2v) is 7.89. The highest BCUT2D eigenvalue weighted by Gasteiger charge is 2.22. The highest BCUT2D eigenvalue weighted by Crippen LogP contribution is 2.37. The van der Waals surface area contributed by atoms with Gasteiger partial charge in [0, 0.05) is 21.4 Å². The maximum absolute atomic E-state index is 12.0. The third-order valence-electron chi connectivity index (χ3n) is 3.70. The van der Waals surface area contributed by atoms with E-state index >= 15 is 0 Å². The molecule has 7 heteroatoms. The van der Waals surface area contributed by atoms with Crippen molar-refractivity contribution in [3.63, 3.8) is 0 Å². The molecular weight excluding hydrogens is 334 g/mol. The highest BCUT2D eigenvalue weighted by atomic mass is 32.2. The summed E-state index contributed by atoms with van der Waals surface area (Å²) in [5.74, 6) is 1.39. The van der Waals surface area contributed by atoms with Crippen molar-refractivity contribution in [1.82, 2.24) is 0 Å². The van der Waals surface area contributed by atoms with Gasteiger partial charge in [0.25, 0.3) is 0 Å². The van der Waals surface area contributed by atoms with E-state index in [0.29, 0.717) is 23.3 Å². The smallest absolute Gasteiger partial charge is 0.239 e. The quantitative estimate of drug-likeness (QED) is 0.790. The van der Waals surface area contributed by atoms with Gasteiger partial charge in [0.05, 0.1) is 0 Å². The van der Waals surface area contributed by atoms with Gasteiger partial charge in [-0.25, -0.2) is 13.6 Å². The average Bonchev–Trinajstić information content (AvgIpc) is 3.09. The first-order valence-corrected chi connectivity index (χ1v) is 9.30. The Kier molecular flexibility index (Phi) is 3.29. The van der Waals surface area contributed by atoms with E-state index in [2.05, 4.69) is 0 Å². The molecule has 1 aliphatic heterocycles. The molecule has 0 aliphatic carbocycles. The number of hydrogen-bond donors (Lipinski definition) is 1. The van der Waals surface area contributed by atoms with Crippen LogP contribution in [0.25, 0.3) is 10.1 Å². The summed E-state index contributed by atoms with van der Waals surface area (Å²) >= 11 is 1.45. The molecule has 0 unspecified atom stereocenters. The normalized spacial score (nSPS) is 13.6. The molecule has 0 saturated carbocycles. The summed E-state index contributed by atoms with van der Waals surface area (Å²) in [6.07, 6.45) is 0.474. The highest BCUT2D eigenvalue weighted by molar-refractivity contribution is 7.89. The zero-order valence-electron chi connectivity index (χ0n) is 12.0. The van der Waals surface area contributed by atoms with Crippen LogP contribution < -0.4 is 14.6 Å². The molecule has 0 spiro atoms. The molecule has 1 aliphatic rings. The number of hydrogen-bond acceptors (Lipinski definition) is 5. The number of sulfonamides is 1. The van der Waals surface area contributed by atoms with Crippen LogP contribution in [0.3, 0.4) is 0 Å². The maximum atomic E-state index is 12.0. The fraction of sp³-hybridized carbons (Fsp3) is 0.125. The van der Waals surface area contributed by atoms with Crippen molar-refractivity contribution in [2.75, 3.05) is 6.79 Å². The SMILES string of the molecule is NS(=O)(=O)c1c(Cc2ccc3c(c2)OCO3)sc2ccccc12. The average molecular weight is 347 g/mol. The van der Waals surface area contributed by atoms with E-state index in [4.69, 9.17) is 14.6 Å². The number of rotatable bonds is 3. The molecule has 0 radical (unpaired) electrons. The Bertz CT molecular complexity index is 1010. The number of primary sulfonamides is 1. The molecule has 0 atom stereocenters. The van der Waals surface area contributed by atoms with Crippen molar-refractivity contribution < 1.29 is 17.9 Å². The summed E-state index contributed by atoms with van der Waals surface area (Å²) in [6, 6.07) is 13.0. The summed E-state index contributed by atoms with van der Waals surface area (Å²) in [5.41, 5.74) is 0.950. The lowest BCUT2D eigenvalue weighted by Crippen LogP contribution is -2.13. The predicted octanol–water partition coefficient (Wildman–Crippen LogP) is 2.87. The van der Waals surface area contributed by atoms with Crippen LogP contribution in [0, 0.1) is 0 Å². The molecule has 2 aromatic carbocycles. The summed E-state index contributed by atoms with van der Waals surface area (Å²) in [6.45, 7) is 0.212. The number of ether oxygens (including phenoxy) is 2. The van der Waals surface area contributed by atoms with E-state index in [0.717, 1.165) is 15.1 Å². The number of fused-ring (bicyclic) bond motifs is 2. The Labute approximate surface area is 137 Å². The first-order chi connectivity index (χ1) is 11.0. The largest absolute Gasteiger partial charge is 0.454 e. The molecule has 4 rings (SSSR count). The van der Waals surface area contributed by atoms with Crippen molar-refractivity contribution >= 4 is 31.4 Å². The Hall–Kier alpha value is -2.09. The first kappa shape index (κ1) is 14.5. The number of thiophene rings is 1. The van der Waals surface area contributed by atoms with E-state index in [1.165, 1.54) is 11.3 Å². The fourth-order valence-electron chi connectivity index (χ4n) is 2.74. The monoisotopic (exact) mass is 347 g/mol. The van der Waals surface area contributed by atoms with Crippen LogP contribution in [0.2, 0.25) is 0 Å². The van der Waals surface area contributed by atoms with Gasteiger partial charge in [-0.2, -0.15) is 0 Å². The molecule has 2 heterocycles. The molecule has 23 heavy (non-hydrogen) atoms. The Morgan fingerprint density at radius 1 is 1.09 bits per heavy atom. The summed E-state index contributed by atoms with van der Waals surface area (Å²) in [7, 11) is -3.79. The van der Waals surface area contributed by atoms with E-state index in [-0.39, 0.29) is 11.7 Å². The van der Waals surface area contributed by atoms with Crippen molar-refractivity contribution in [3.05, 3.63) is 52.9 Å². The van der Waals surface area contributed by atoms with Crippen molar-refractivity contribution in [1.29, 1.82) is 0 Å². The summed E-state index contributed by atoms with van der Waals surface area (Å²) < 4.78 is 35.7. The zero-order chi connectivity index (χ0) is 16.0. The first-order valence-electron chi connectivity index (χ1n) is 6.94. The van der Waals surface area contributed by atoms with E-state index in [1.807, 2.05) is 36.4 Å². The minimum absolute atomic E-state index is 0.212. The van der Waals surface area contributed by atoms with Gasteiger partial charge in [-0.05, 0) is 23.8 Å². The van der Waals surface area contributed by atoms with Crippen LogP contribution >= 0.6 is 11.3 Å². The second kappa shape index (κ2) is 5.23. The predicted molar refractivity (Wildman–Crippen MR) is 88.6 cm³/mol. The molecule has 5 nitrogen and oxygen atoms in total. The Morgan fingerprint density at radius 2 is 1.87 bits per heavy atom. The molecule has 1 aromatic heterocycles. The van der Waals surface area contributed by atoms with Crippen LogP contribution in [-0.4, -0.2) is 15.2 Å². The minimum Gasteiger partial charge on any atom is -0.454 e. The van der Waals surface area contributed by atoms with Gasteiger partial charge in [-0.3, -0.25) is 0 Å². The van der Waals surface area contributed by atoms with Gasteiger partial charge in [0.15, 0.2) is 11.5 Å². The molecule has 0 fully saturated rings. The molecule has 0 bridgehead atoms. The molecular formula is C16H13NO4S2. The number of nitrogens with two attached hydrogens (primary N) is 1. The van der Waals surface area contributed by atoms with Gasteiger partial charge in [0.1, 0.15) is 4.90 Å². The van der Waals surface area contributed by atoms with E-state index < -0.39 is 10.0 Å². The standard InChI is InChI=1S/C16H13NO4S2/c17-23(18,19)16-11-3-1-2-4-14(11)22-15(16)8-10-5-6-12-13(7-10)21-9-20-12/h1-7H,8-9H2,(H2,17,18,19). The van der Waals surface area contributed by atoms with Crippen LogP contribution in [0.1, 0.15) is 10.4 Å². The van der Waals surface area contributed by atoms with Crippen molar-refractivity contribution in [2.45, 2.75) is 11.3 Å². The summed E-state index contributed by atoms with van der Waals surface area (Å²) in [5, 5.41) is 6.12. The minimum atomic E-state index is -3.79. The van der Waals surface area contributed by atoms with Crippen molar-refractivity contribution in [2.24, 2.45) is 5.14 Å². The second-order valence-electron chi connectivity index (χ2n) is 5.26. The number of benzene rings is 2. The van der Waals surface area contributed by atoms with Gasteiger partial charge in [-0.1, -0.05) is 24.3 Å². The van der Waals surface area contributed by atoms with E-state index in [1.54, 1.807) is 6.07 Å². The third-order valence-corrected chi connectivity index (χ3v) is 6.04. The van der Waals surface area contributed by atoms with Crippen LogP contribution in [-0.2, 0) is 16.4 Å². The molecule has 3 aromatic rings. The van der Waals surface area contributed by atoms with E-state index in [9.17, 15) is 8.42 Å². The third kappa shape index (κ3) is 2.56. The van der Waals surface area contributed by atoms with Crippen LogP contribution in [0.4, 0.5) is 0 Å². The Balaban J connectivity index is 1.83. The lowest BCUT2D eigenvalue weighted by atomic mass is 10.1. The van der Waals surface area contributed by atoms with Gasteiger partial charge < -0.3 is 9.47 Å². The summed E-state index contributed by atoms with van der Waals surface area (Å²) in [4.78, 5) is 0.948. The lowest BCUT2D eigenvalue weighted by molar-refractivity contribution is 0.174. The molecule has 2 N–H and O–H groups in total. The fourth-order valence-corrected chi connectivity index (χ4v) is 5.28. The topological polar surface area (TPSA) is 78.6 Å². The van der Waals surface area contributed by atoms with Gasteiger partial charge in [0.2, 0.25) is 16.8 Å². The maximum Gasteiger partial charge on any atom is 0.239 e. The molecule has 0 saturated heterocycles. The molecule has 118 valence electrons. The molecule has 0 amide bonds. The van der Waals surface area contributed by atoms with Gasteiger partial charge in [-0.15, -0.1) is 11.3 Å².